The Balaban J connectivity index is 1.59. The summed E-state index contributed by atoms with van der Waals surface area (Å²) in [5.74, 6) is -0.0373. The van der Waals surface area contributed by atoms with Gasteiger partial charge in [0, 0.05) is 13.0 Å². The van der Waals surface area contributed by atoms with E-state index >= 15 is 0 Å². The van der Waals surface area contributed by atoms with Gasteiger partial charge in [0.1, 0.15) is 6.04 Å². The summed E-state index contributed by atoms with van der Waals surface area (Å²) in [7, 11) is 0. The van der Waals surface area contributed by atoms with Crippen LogP contribution in [0.2, 0.25) is 0 Å². The second kappa shape index (κ2) is 5.19. The maximum Gasteiger partial charge on any atom is 0.265 e. The summed E-state index contributed by atoms with van der Waals surface area (Å²) in [5, 5.41) is 4.49. The van der Waals surface area contributed by atoms with E-state index in [4.69, 9.17) is 0 Å². The van der Waals surface area contributed by atoms with E-state index in [1.807, 2.05) is 0 Å². The number of rotatable bonds is 2. The second-order valence-electron chi connectivity index (χ2n) is 6.38. The highest BCUT2D eigenvalue weighted by molar-refractivity contribution is 7.12. The maximum absolute atomic E-state index is 12.6. The molecule has 5 nitrogen and oxygen atoms in total. The zero-order valence-electron chi connectivity index (χ0n) is 12.3. The number of carbonyl (C=O) groups is 3. The van der Waals surface area contributed by atoms with Crippen molar-refractivity contribution in [2.45, 2.75) is 57.0 Å². The van der Waals surface area contributed by atoms with Crippen LogP contribution in [-0.4, -0.2) is 28.7 Å². The predicted octanol–water partition coefficient (Wildman–Crippen LogP) is 2.17. The van der Waals surface area contributed by atoms with Crippen molar-refractivity contribution < 1.29 is 14.4 Å². The Morgan fingerprint density at radius 2 is 1.91 bits per heavy atom. The standard InChI is InChI=1S/C16H18N2O3S/c19-13-6-5-12(15(20)17-13)18-7-10-11(9-3-1-2-4-9)8-22-14(10)16(18)21/h8-9,12H,1-7H2,(H,17,19,20)/t12-/m0/s1. The fourth-order valence-corrected chi connectivity index (χ4v) is 5.04. The van der Waals surface area contributed by atoms with Crippen LogP contribution < -0.4 is 5.32 Å². The van der Waals surface area contributed by atoms with Gasteiger partial charge in [-0.1, -0.05) is 12.8 Å². The van der Waals surface area contributed by atoms with Gasteiger partial charge in [-0.25, -0.2) is 0 Å². The van der Waals surface area contributed by atoms with E-state index < -0.39 is 6.04 Å². The van der Waals surface area contributed by atoms with Crippen LogP contribution in [0.1, 0.15) is 65.2 Å². The Bertz CT molecular complexity index is 660. The molecule has 3 amide bonds. The van der Waals surface area contributed by atoms with Gasteiger partial charge in [0.05, 0.1) is 4.88 Å². The van der Waals surface area contributed by atoms with E-state index in [9.17, 15) is 14.4 Å². The lowest BCUT2D eigenvalue weighted by atomic mass is 9.96. The van der Waals surface area contributed by atoms with Crippen molar-refractivity contribution >= 4 is 29.1 Å². The second-order valence-corrected chi connectivity index (χ2v) is 7.26. The van der Waals surface area contributed by atoms with E-state index in [2.05, 4.69) is 10.7 Å². The fraction of sp³-hybridized carbons (Fsp3) is 0.562. The summed E-state index contributed by atoms with van der Waals surface area (Å²) in [4.78, 5) is 38.4. The first-order valence-electron chi connectivity index (χ1n) is 7.90. The van der Waals surface area contributed by atoms with Gasteiger partial charge >= 0.3 is 0 Å². The molecule has 0 radical (unpaired) electrons. The van der Waals surface area contributed by atoms with Crippen LogP contribution in [0.5, 0.6) is 0 Å². The summed E-state index contributed by atoms with van der Waals surface area (Å²) >= 11 is 1.51. The molecule has 3 heterocycles. The number of nitrogens with zero attached hydrogens (tertiary/aromatic N) is 1. The first-order chi connectivity index (χ1) is 10.6. The molecule has 1 saturated carbocycles. The topological polar surface area (TPSA) is 66.5 Å². The van der Waals surface area contributed by atoms with Crippen molar-refractivity contribution in [1.29, 1.82) is 0 Å². The van der Waals surface area contributed by atoms with Gasteiger partial charge in [-0.3, -0.25) is 19.7 Å². The smallest absolute Gasteiger partial charge is 0.265 e. The number of imide groups is 1. The number of hydrogen-bond donors (Lipinski definition) is 1. The molecule has 2 fully saturated rings. The molecule has 1 atom stereocenters. The molecule has 1 aliphatic carbocycles. The Morgan fingerprint density at radius 1 is 1.14 bits per heavy atom. The molecule has 2 aliphatic heterocycles. The molecule has 4 rings (SSSR count). The van der Waals surface area contributed by atoms with Crippen LogP contribution >= 0.6 is 11.3 Å². The summed E-state index contributed by atoms with van der Waals surface area (Å²) in [5.41, 5.74) is 2.45. The minimum atomic E-state index is -0.499. The first-order valence-corrected chi connectivity index (χ1v) is 8.78. The molecule has 1 saturated heterocycles. The molecule has 116 valence electrons. The zero-order chi connectivity index (χ0) is 15.3. The Labute approximate surface area is 132 Å². The minimum Gasteiger partial charge on any atom is -0.321 e. The van der Waals surface area contributed by atoms with E-state index in [1.165, 1.54) is 42.6 Å². The van der Waals surface area contributed by atoms with Crippen LogP contribution in [-0.2, 0) is 16.1 Å². The molecule has 0 spiro atoms. The molecule has 0 aromatic carbocycles. The van der Waals surface area contributed by atoms with Gasteiger partial charge in [0.25, 0.3) is 5.91 Å². The van der Waals surface area contributed by atoms with Crippen molar-refractivity contribution in [3.8, 4) is 0 Å². The average Bonchev–Trinajstić information content (AvgIpc) is 3.18. The molecular weight excluding hydrogens is 300 g/mol. The number of nitrogens with one attached hydrogen (secondary N) is 1. The summed E-state index contributed by atoms with van der Waals surface area (Å²) in [6.45, 7) is 0.524. The van der Waals surface area contributed by atoms with Gasteiger partial charge in [-0.05, 0) is 41.7 Å². The Morgan fingerprint density at radius 3 is 2.64 bits per heavy atom. The molecule has 22 heavy (non-hydrogen) atoms. The summed E-state index contributed by atoms with van der Waals surface area (Å²) in [6.07, 6.45) is 5.68. The molecule has 0 bridgehead atoms. The van der Waals surface area contributed by atoms with Crippen LogP contribution in [0.25, 0.3) is 0 Å². The number of hydrogen-bond acceptors (Lipinski definition) is 4. The van der Waals surface area contributed by atoms with Crippen molar-refractivity contribution in [2.24, 2.45) is 0 Å². The van der Waals surface area contributed by atoms with Gasteiger partial charge in [-0.15, -0.1) is 11.3 Å². The third-order valence-electron chi connectivity index (χ3n) is 5.09. The number of piperidine rings is 1. The molecule has 3 aliphatic rings. The minimum absolute atomic E-state index is 0.0428. The summed E-state index contributed by atoms with van der Waals surface area (Å²) < 4.78 is 0. The number of fused-ring (bicyclic) bond motifs is 1. The molecule has 0 unspecified atom stereocenters. The van der Waals surface area contributed by atoms with E-state index in [1.54, 1.807) is 4.90 Å². The number of thiophene rings is 1. The fourth-order valence-electron chi connectivity index (χ4n) is 3.92. The molecule has 1 aromatic rings. The van der Waals surface area contributed by atoms with Crippen molar-refractivity contribution in [1.82, 2.24) is 10.2 Å². The number of amides is 3. The lowest BCUT2D eigenvalue weighted by Crippen LogP contribution is -2.52. The van der Waals surface area contributed by atoms with E-state index in [-0.39, 0.29) is 17.7 Å². The predicted molar refractivity (Wildman–Crippen MR) is 81.6 cm³/mol. The maximum atomic E-state index is 12.6. The monoisotopic (exact) mass is 318 g/mol. The zero-order valence-corrected chi connectivity index (χ0v) is 13.1. The van der Waals surface area contributed by atoms with Gasteiger partial charge in [0.15, 0.2) is 0 Å². The largest absolute Gasteiger partial charge is 0.321 e. The van der Waals surface area contributed by atoms with Crippen LogP contribution in [0.3, 0.4) is 0 Å². The quantitative estimate of drug-likeness (QED) is 0.850. The highest BCUT2D eigenvalue weighted by Gasteiger charge is 2.41. The van der Waals surface area contributed by atoms with E-state index in [0.717, 1.165) is 10.4 Å². The van der Waals surface area contributed by atoms with Gasteiger partial charge in [-0.2, -0.15) is 0 Å². The SMILES string of the molecule is O=C1CC[C@H](N2Cc3c(C4CCCC4)csc3C2=O)C(=O)N1. The number of carbonyl (C=O) groups excluding carboxylic acids is 3. The van der Waals surface area contributed by atoms with Gasteiger partial charge < -0.3 is 4.90 Å². The van der Waals surface area contributed by atoms with Crippen molar-refractivity contribution in [3.63, 3.8) is 0 Å². The van der Waals surface area contributed by atoms with E-state index in [0.29, 0.717) is 25.3 Å². The third-order valence-corrected chi connectivity index (χ3v) is 6.12. The first kappa shape index (κ1) is 13.9. The molecule has 1 N–H and O–H groups in total. The van der Waals surface area contributed by atoms with Crippen molar-refractivity contribution in [3.05, 3.63) is 21.4 Å². The third kappa shape index (κ3) is 2.08. The molecule has 6 heteroatoms. The average molecular weight is 318 g/mol. The Kier molecular flexibility index (Phi) is 3.29. The Hall–Kier alpha value is -1.69. The molecular formula is C16H18N2O3S. The van der Waals surface area contributed by atoms with Crippen LogP contribution in [0, 0.1) is 0 Å². The van der Waals surface area contributed by atoms with Crippen molar-refractivity contribution in [2.75, 3.05) is 0 Å². The highest BCUT2D eigenvalue weighted by atomic mass is 32.1. The molecule has 1 aromatic heterocycles. The highest BCUT2D eigenvalue weighted by Crippen LogP contribution is 2.42. The van der Waals surface area contributed by atoms with Crippen LogP contribution in [0.15, 0.2) is 5.38 Å². The van der Waals surface area contributed by atoms with Gasteiger partial charge in [0.2, 0.25) is 11.8 Å². The van der Waals surface area contributed by atoms with Crippen LogP contribution in [0.4, 0.5) is 0 Å². The lowest BCUT2D eigenvalue weighted by molar-refractivity contribution is -0.136. The normalized spacial score (nSPS) is 25.7. The summed E-state index contributed by atoms with van der Waals surface area (Å²) in [6, 6.07) is -0.499. The lowest BCUT2D eigenvalue weighted by Gasteiger charge is -2.29.